The van der Waals surface area contributed by atoms with Crippen LogP contribution in [-0.2, 0) is 10.0 Å². The molecular formula is C13H12INO2S. The Bertz CT molecular complexity index is 624. The molecule has 0 bridgehead atoms. The standard InChI is InChI=1S/C13H12INO2S/c1-11-7-9-13(10-8-11)18(16,17)15(14)12-5-3-2-4-6-12/h2-10H,1H3. The monoisotopic (exact) mass is 373 g/mol. The fourth-order valence-corrected chi connectivity index (χ4v) is 3.56. The third kappa shape index (κ3) is 2.67. The van der Waals surface area contributed by atoms with Crippen molar-refractivity contribution in [2.75, 3.05) is 2.52 Å². The summed E-state index contributed by atoms with van der Waals surface area (Å²) in [5.74, 6) is 0. The van der Waals surface area contributed by atoms with E-state index in [-0.39, 0.29) is 0 Å². The predicted molar refractivity (Wildman–Crippen MR) is 81.3 cm³/mol. The summed E-state index contributed by atoms with van der Waals surface area (Å²) in [4.78, 5) is 0.298. The molecule has 94 valence electrons. The first-order chi connectivity index (χ1) is 8.51. The molecule has 0 aliphatic carbocycles. The maximum atomic E-state index is 12.4. The van der Waals surface area contributed by atoms with Gasteiger partial charge in [-0.25, -0.2) is 10.9 Å². The third-order valence-electron chi connectivity index (χ3n) is 2.49. The van der Waals surface area contributed by atoms with Crippen molar-refractivity contribution >= 4 is 38.6 Å². The lowest BCUT2D eigenvalue weighted by Crippen LogP contribution is -2.20. The zero-order valence-corrected chi connectivity index (χ0v) is 12.7. The summed E-state index contributed by atoms with van der Waals surface area (Å²) < 4.78 is 26.0. The summed E-state index contributed by atoms with van der Waals surface area (Å²) in [6.45, 7) is 1.93. The van der Waals surface area contributed by atoms with E-state index < -0.39 is 10.0 Å². The largest absolute Gasteiger partial charge is 0.272 e. The first-order valence-electron chi connectivity index (χ1n) is 5.34. The molecule has 0 aliphatic heterocycles. The molecule has 2 aromatic rings. The number of hydrogen-bond acceptors (Lipinski definition) is 2. The molecule has 2 aromatic carbocycles. The molecule has 0 atom stereocenters. The quantitative estimate of drug-likeness (QED) is 0.610. The van der Waals surface area contributed by atoms with Crippen LogP contribution >= 0.6 is 22.9 Å². The molecule has 3 nitrogen and oxygen atoms in total. The molecule has 2 rings (SSSR count). The lowest BCUT2D eigenvalue weighted by Gasteiger charge is -2.16. The van der Waals surface area contributed by atoms with Gasteiger partial charge in [-0.2, -0.15) is 0 Å². The van der Waals surface area contributed by atoms with Crippen LogP contribution in [0.15, 0.2) is 59.5 Å². The second-order valence-electron chi connectivity index (χ2n) is 3.87. The molecule has 0 N–H and O–H groups in total. The van der Waals surface area contributed by atoms with E-state index >= 15 is 0 Å². The number of sulfonamides is 1. The first kappa shape index (κ1) is 13.4. The molecule has 18 heavy (non-hydrogen) atoms. The fourth-order valence-electron chi connectivity index (χ4n) is 1.49. The van der Waals surface area contributed by atoms with E-state index in [1.165, 1.54) is 2.52 Å². The average Bonchev–Trinajstić information content (AvgIpc) is 2.39. The van der Waals surface area contributed by atoms with Crippen LogP contribution in [0, 0.1) is 6.92 Å². The molecule has 0 spiro atoms. The van der Waals surface area contributed by atoms with Crippen molar-refractivity contribution in [3.63, 3.8) is 0 Å². The normalized spacial score (nSPS) is 11.2. The maximum absolute atomic E-state index is 12.4. The van der Waals surface area contributed by atoms with E-state index in [1.807, 2.05) is 48.0 Å². The molecule has 0 radical (unpaired) electrons. The highest BCUT2D eigenvalue weighted by Gasteiger charge is 2.22. The number of nitrogens with zero attached hydrogens (tertiary/aromatic N) is 1. The SMILES string of the molecule is Cc1ccc(S(=O)(=O)N(I)c2ccccc2)cc1. The zero-order chi connectivity index (χ0) is 13.2. The second kappa shape index (κ2) is 5.27. The lowest BCUT2D eigenvalue weighted by molar-refractivity contribution is 0.599. The van der Waals surface area contributed by atoms with Gasteiger partial charge in [0, 0.05) is 0 Å². The molecule has 0 aromatic heterocycles. The highest BCUT2D eigenvalue weighted by Crippen LogP contribution is 2.26. The number of para-hydroxylation sites is 1. The Morgan fingerprint density at radius 1 is 0.944 bits per heavy atom. The summed E-state index contributed by atoms with van der Waals surface area (Å²) in [6.07, 6.45) is 0. The second-order valence-corrected chi connectivity index (χ2v) is 7.27. The Hall–Kier alpha value is -1.08. The smallest absolute Gasteiger partial charge is 0.206 e. The van der Waals surface area contributed by atoms with Crippen molar-refractivity contribution in [2.45, 2.75) is 11.8 Å². The van der Waals surface area contributed by atoms with Crippen molar-refractivity contribution in [2.24, 2.45) is 0 Å². The van der Waals surface area contributed by atoms with E-state index in [9.17, 15) is 8.42 Å². The topological polar surface area (TPSA) is 37.4 Å². The number of anilines is 1. The van der Waals surface area contributed by atoms with Crippen LogP contribution in [0.3, 0.4) is 0 Å². The minimum absolute atomic E-state index is 0.298. The van der Waals surface area contributed by atoms with Crippen molar-refractivity contribution in [3.05, 3.63) is 60.2 Å². The molecule has 5 heteroatoms. The highest BCUT2D eigenvalue weighted by atomic mass is 127. The molecule has 0 unspecified atom stereocenters. The minimum atomic E-state index is -3.49. The highest BCUT2D eigenvalue weighted by molar-refractivity contribution is 14.1. The van der Waals surface area contributed by atoms with Crippen LogP contribution in [-0.4, -0.2) is 8.42 Å². The van der Waals surface area contributed by atoms with Gasteiger partial charge in [-0.3, -0.25) is 0 Å². The van der Waals surface area contributed by atoms with Crippen LogP contribution < -0.4 is 2.52 Å². The lowest BCUT2D eigenvalue weighted by atomic mass is 10.2. The van der Waals surface area contributed by atoms with Gasteiger partial charge >= 0.3 is 0 Å². The summed E-state index contributed by atoms with van der Waals surface area (Å²) in [6, 6.07) is 15.8. The van der Waals surface area contributed by atoms with Crippen molar-refractivity contribution in [1.29, 1.82) is 0 Å². The van der Waals surface area contributed by atoms with Crippen LogP contribution in [0.4, 0.5) is 5.69 Å². The minimum Gasteiger partial charge on any atom is -0.206 e. The summed E-state index contributed by atoms with van der Waals surface area (Å²) >= 11 is 1.81. The van der Waals surface area contributed by atoms with E-state index in [4.69, 9.17) is 0 Å². The van der Waals surface area contributed by atoms with Crippen molar-refractivity contribution in [3.8, 4) is 0 Å². The molecule has 0 fully saturated rings. The van der Waals surface area contributed by atoms with Gasteiger partial charge in [0.25, 0.3) is 10.0 Å². The van der Waals surface area contributed by atoms with Crippen LogP contribution in [0.5, 0.6) is 0 Å². The van der Waals surface area contributed by atoms with Crippen LogP contribution in [0.1, 0.15) is 5.56 Å². The number of aryl methyl sites for hydroxylation is 1. The fraction of sp³-hybridized carbons (Fsp3) is 0.0769. The Balaban J connectivity index is 2.40. The third-order valence-corrected chi connectivity index (χ3v) is 6.10. The van der Waals surface area contributed by atoms with Crippen LogP contribution in [0.2, 0.25) is 0 Å². The zero-order valence-electron chi connectivity index (χ0n) is 9.75. The Morgan fingerprint density at radius 3 is 2.06 bits per heavy atom. The summed E-state index contributed by atoms with van der Waals surface area (Å²) in [7, 11) is -3.49. The summed E-state index contributed by atoms with van der Waals surface area (Å²) in [5.41, 5.74) is 1.67. The van der Waals surface area contributed by atoms with Gasteiger partial charge in [-0.15, -0.1) is 0 Å². The van der Waals surface area contributed by atoms with Gasteiger partial charge in [-0.05, 0) is 31.2 Å². The van der Waals surface area contributed by atoms with Crippen molar-refractivity contribution in [1.82, 2.24) is 0 Å². The van der Waals surface area contributed by atoms with E-state index in [1.54, 1.807) is 36.4 Å². The van der Waals surface area contributed by atoms with E-state index in [0.717, 1.165) is 5.56 Å². The first-order valence-corrected chi connectivity index (χ1v) is 7.75. The average molecular weight is 373 g/mol. The number of hydrogen-bond donors (Lipinski definition) is 0. The van der Waals surface area contributed by atoms with Gasteiger partial charge in [0.05, 0.1) is 33.4 Å². The molecular weight excluding hydrogens is 361 g/mol. The molecule has 0 amide bonds. The number of rotatable bonds is 3. The van der Waals surface area contributed by atoms with Gasteiger partial charge < -0.3 is 0 Å². The molecule has 0 saturated carbocycles. The molecule has 0 heterocycles. The van der Waals surface area contributed by atoms with Crippen LogP contribution in [0.25, 0.3) is 0 Å². The number of benzene rings is 2. The Kier molecular flexibility index (Phi) is 3.91. The van der Waals surface area contributed by atoms with E-state index in [2.05, 4.69) is 0 Å². The van der Waals surface area contributed by atoms with Gasteiger partial charge in [0.1, 0.15) is 0 Å². The Morgan fingerprint density at radius 2 is 1.50 bits per heavy atom. The Labute approximate surface area is 121 Å². The van der Waals surface area contributed by atoms with Gasteiger partial charge in [0.15, 0.2) is 0 Å². The van der Waals surface area contributed by atoms with Crippen molar-refractivity contribution < 1.29 is 8.42 Å². The predicted octanol–water partition coefficient (Wildman–Crippen LogP) is 3.54. The molecule has 0 aliphatic rings. The number of halogens is 1. The summed E-state index contributed by atoms with van der Waals surface area (Å²) in [5, 5.41) is 0. The van der Waals surface area contributed by atoms with Gasteiger partial charge in [-0.1, -0.05) is 35.9 Å². The molecule has 0 saturated heterocycles. The van der Waals surface area contributed by atoms with E-state index in [0.29, 0.717) is 10.6 Å². The maximum Gasteiger partial charge on any atom is 0.272 e. The van der Waals surface area contributed by atoms with Gasteiger partial charge in [0.2, 0.25) is 0 Å².